The molecule has 0 amide bonds. The average Bonchev–Trinajstić information content (AvgIpc) is 3.20. The van der Waals surface area contributed by atoms with Crippen LogP contribution in [0.25, 0.3) is 0 Å². The van der Waals surface area contributed by atoms with Crippen molar-refractivity contribution in [3.63, 3.8) is 0 Å². The predicted molar refractivity (Wildman–Crippen MR) is 77.7 cm³/mol. The first-order chi connectivity index (χ1) is 9.81. The first kappa shape index (κ1) is 14.0. The first-order valence-electron chi connectivity index (χ1n) is 8.09. The Labute approximate surface area is 121 Å². The molecule has 1 aliphatic heterocycles. The molecule has 1 atom stereocenters. The fraction of sp³-hybridized carbons (Fsp3) is 0.867. The van der Waals surface area contributed by atoms with E-state index in [0.717, 1.165) is 31.2 Å². The van der Waals surface area contributed by atoms with E-state index in [2.05, 4.69) is 27.3 Å². The number of likely N-dealkylation sites (tertiary alicyclic amines) is 1. The van der Waals surface area contributed by atoms with E-state index >= 15 is 0 Å². The van der Waals surface area contributed by atoms with Crippen molar-refractivity contribution in [1.82, 2.24) is 20.4 Å². The minimum absolute atomic E-state index is 0.527. The Morgan fingerprint density at radius 2 is 2.10 bits per heavy atom. The minimum atomic E-state index is 0.527. The van der Waals surface area contributed by atoms with Gasteiger partial charge in [0.1, 0.15) is 0 Å². The van der Waals surface area contributed by atoms with Crippen LogP contribution in [0.4, 0.5) is 0 Å². The summed E-state index contributed by atoms with van der Waals surface area (Å²) in [7, 11) is 0. The smallest absolute Gasteiger partial charge is 0.227 e. The molecular formula is C15H26N4O. The van der Waals surface area contributed by atoms with Crippen molar-refractivity contribution in [2.75, 3.05) is 26.2 Å². The Balaban J connectivity index is 1.33. The predicted octanol–water partition coefficient (Wildman–Crippen LogP) is 1.95. The summed E-state index contributed by atoms with van der Waals surface area (Å²) in [5.74, 6) is 2.28. The van der Waals surface area contributed by atoms with Gasteiger partial charge in [-0.15, -0.1) is 0 Å². The Morgan fingerprint density at radius 3 is 2.85 bits per heavy atom. The summed E-state index contributed by atoms with van der Waals surface area (Å²) in [6.07, 6.45) is 7.41. The third kappa shape index (κ3) is 4.03. The van der Waals surface area contributed by atoms with E-state index in [1.807, 2.05) is 0 Å². The summed E-state index contributed by atoms with van der Waals surface area (Å²) in [6, 6.07) is 0.527. The SMILES string of the molecule is C[C@H](CN1CCCCC1)NCCc1nc(C2CC2)no1. The molecule has 2 aliphatic rings. The molecule has 0 bridgehead atoms. The van der Waals surface area contributed by atoms with Crippen molar-refractivity contribution < 1.29 is 4.52 Å². The van der Waals surface area contributed by atoms with Crippen molar-refractivity contribution in [1.29, 1.82) is 0 Å². The van der Waals surface area contributed by atoms with Gasteiger partial charge in [-0.2, -0.15) is 4.98 Å². The molecule has 0 spiro atoms. The van der Waals surface area contributed by atoms with E-state index in [1.165, 1.54) is 45.2 Å². The van der Waals surface area contributed by atoms with Crippen molar-refractivity contribution >= 4 is 0 Å². The summed E-state index contributed by atoms with van der Waals surface area (Å²) in [5.41, 5.74) is 0. The topological polar surface area (TPSA) is 54.2 Å². The molecule has 112 valence electrons. The van der Waals surface area contributed by atoms with Crippen molar-refractivity contribution in [3.05, 3.63) is 11.7 Å². The number of nitrogens with one attached hydrogen (secondary N) is 1. The number of nitrogens with zero attached hydrogens (tertiary/aromatic N) is 3. The monoisotopic (exact) mass is 278 g/mol. The van der Waals surface area contributed by atoms with Gasteiger partial charge in [0.2, 0.25) is 5.89 Å². The number of aromatic nitrogens is 2. The Bertz CT molecular complexity index is 410. The van der Waals surface area contributed by atoms with Gasteiger partial charge in [0.15, 0.2) is 5.82 Å². The quantitative estimate of drug-likeness (QED) is 0.826. The van der Waals surface area contributed by atoms with Crippen molar-refractivity contribution in [2.24, 2.45) is 0 Å². The van der Waals surface area contributed by atoms with Crippen LogP contribution in [-0.2, 0) is 6.42 Å². The zero-order chi connectivity index (χ0) is 13.8. The molecule has 1 N–H and O–H groups in total. The highest BCUT2D eigenvalue weighted by Gasteiger charge is 2.28. The maximum Gasteiger partial charge on any atom is 0.227 e. The summed E-state index contributed by atoms with van der Waals surface area (Å²) in [4.78, 5) is 7.03. The molecule has 1 aromatic heterocycles. The molecule has 5 nitrogen and oxygen atoms in total. The van der Waals surface area contributed by atoms with Gasteiger partial charge < -0.3 is 14.7 Å². The lowest BCUT2D eigenvalue weighted by Gasteiger charge is -2.29. The highest BCUT2D eigenvalue weighted by Crippen LogP contribution is 2.38. The maximum atomic E-state index is 5.29. The van der Waals surface area contributed by atoms with Gasteiger partial charge in [-0.3, -0.25) is 0 Å². The highest BCUT2D eigenvalue weighted by molar-refractivity contribution is 5.03. The Kier molecular flexibility index (Phi) is 4.68. The average molecular weight is 278 g/mol. The molecule has 20 heavy (non-hydrogen) atoms. The summed E-state index contributed by atoms with van der Waals surface area (Å²) < 4.78 is 5.29. The normalized spacial score (nSPS) is 22.1. The van der Waals surface area contributed by atoms with Crippen LogP contribution in [0.2, 0.25) is 0 Å². The maximum absolute atomic E-state index is 5.29. The zero-order valence-corrected chi connectivity index (χ0v) is 12.5. The molecule has 1 saturated carbocycles. The third-order valence-electron chi connectivity index (χ3n) is 4.24. The second-order valence-electron chi connectivity index (χ2n) is 6.29. The molecule has 5 heteroatoms. The van der Waals surface area contributed by atoms with Crippen LogP contribution in [0.1, 0.15) is 56.7 Å². The summed E-state index contributed by atoms with van der Waals surface area (Å²) >= 11 is 0. The van der Waals surface area contributed by atoms with E-state index in [4.69, 9.17) is 4.52 Å². The van der Waals surface area contributed by atoms with E-state index in [-0.39, 0.29) is 0 Å². The van der Waals surface area contributed by atoms with E-state index in [0.29, 0.717) is 12.0 Å². The van der Waals surface area contributed by atoms with Crippen LogP contribution in [0.3, 0.4) is 0 Å². The second kappa shape index (κ2) is 6.68. The number of rotatable bonds is 7. The van der Waals surface area contributed by atoms with Crippen LogP contribution in [0, 0.1) is 0 Å². The Morgan fingerprint density at radius 1 is 1.30 bits per heavy atom. The van der Waals surface area contributed by atoms with Crippen molar-refractivity contribution in [2.45, 2.75) is 57.4 Å². The minimum Gasteiger partial charge on any atom is -0.339 e. The van der Waals surface area contributed by atoms with Gasteiger partial charge in [0.05, 0.1) is 0 Å². The summed E-state index contributed by atoms with van der Waals surface area (Å²) in [6.45, 7) is 6.86. The molecule has 1 saturated heterocycles. The lowest BCUT2D eigenvalue weighted by molar-refractivity contribution is 0.209. The molecule has 1 aliphatic carbocycles. The van der Waals surface area contributed by atoms with Gasteiger partial charge in [-0.25, -0.2) is 0 Å². The number of piperidine rings is 1. The van der Waals surface area contributed by atoms with Gasteiger partial charge in [0.25, 0.3) is 0 Å². The third-order valence-corrected chi connectivity index (χ3v) is 4.24. The largest absolute Gasteiger partial charge is 0.339 e. The molecule has 0 aromatic carbocycles. The molecule has 2 heterocycles. The lowest BCUT2D eigenvalue weighted by Crippen LogP contribution is -2.42. The molecule has 0 unspecified atom stereocenters. The Hall–Kier alpha value is -0.940. The molecular weight excluding hydrogens is 252 g/mol. The van der Waals surface area contributed by atoms with Gasteiger partial charge >= 0.3 is 0 Å². The first-order valence-corrected chi connectivity index (χ1v) is 8.09. The van der Waals surface area contributed by atoms with Crippen LogP contribution in [0.15, 0.2) is 4.52 Å². The molecule has 2 fully saturated rings. The molecule has 3 rings (SSSR count). The highest BCUT2D eigenvalue weighted by atomic mass is 16.5. The number of hydrogen-bond acceptors (Lipinski definition) is 5. The van der Waals surface area contributed by atoms with Gasteiger partial charge in [-0.1, -0.05) is 11.6 Å². The fourth-order valence-electron chi connectivity index (χ4n) is 2.90. The molecule has 0 radical (unpaired) electrons. The fourth-order valence-corrected chi connectivity index (χ4v) is 2.90. The van der Waals surface area contributed by atoms with E-state index in [1.54, 1.807) is 0 Å². The van der Waals surface area contributed by atoms with Gasteiger partial charge in [-0.05, 0) is 45.7 Å². The van der Waals surface area contributed by atoms with Crippen LogP contribution >= 0.6 is 0 Å². The zero-order valence-electron chi connectivity index (χ0n) is 12.5. The van der Waals surface area contributed by atoms with E-state index in [9.17, 15) is 0 Å². The molecule has 1 aromatic rings. The van der Waals surface area contributed by atoms with Gasteiger partial charge in [0, 0.05) is 31.5 Å². The van der Waals surface area contributed by atoms with Crippen LogP contribution in [-0.4, -0.2) is 47.3 Å². The van der Waals surface area contributed by atoms with Crippen LogP contribution < -0.4 is 5.32 Å². The summed E-state index contributed by atoms with van der Waals surface area (Å²) in [5, 5.41) is 7.61. The van der Waals surface area contributed by atoms with Crippen molar-refractivity contribution in [3.8, 4) is 0 Å². The second-order valence-corrected chi connectivity index (χ2v) is 6.29. The number of hydrogen-bond donors (Lipinski definition) is 1. The lowest BCUT2D eigenvalue weighted by atomic mass is 10.1. The van der Waals surface area contributed by atoms with E-state index < -0.39 is 0 Å². The van der Waals surface area contributed by atoms with Crippen LogP contribution in [0.5, 0.6) is 0 Å². The standard InChI is InChI=1S/C15H26N4O/c1-12(11-19-9-3-2-4-10-19)16-8-7-14-17-15(18-20-14)13-5-6-13/h12-13,16H,2-11H2,1H3/t12-/m1/s1.